The van der Waals surface area contributed by atoms with Gasteiger partial charge in [-0.1, -0.05) is 44.2 Å². The van der Waals surface area contributed by atoms with E-state index in [2.05, 4.69) is 17.1 Å². The van der Waals surface area contributed by atoms with Crippen molar-refractivity contribution < 1.29 is 4.74 Å². The summed E-state index contributed by atoms with van der Waals surface area (Å²) in [7, 11) is 0. The summed E-state index contributed by atoms with van der Waals surface area (Å²) in [6.07, 6.45) is 6.28. The number of unbranched alkanes of at least 4 members (excludes halogenated alkanes) is 4. The molecule has 0 spiro atoms. The van der Waals surface area contributed by atoms with Crippen LogP contribution in [0, 0.1) is 0 Å². The van der Waals surface area contributed by atoms with Gasteiger partial charge in [-0.05, 0) is 18.6 Å². The molecule has 0 saturated heterocycles. The second-order valence-corrected chi connectivity index (χ2v) is 4.20. The molecule has 0 radical (unpaired) electrons. The molecule has 0 N–H and O–H groups in total. The fourth-order valence-electron chi connectivity index (χ4n) is 1.41. The van der Waals surface area contributed by atoms with Crippen LogP contribution >= 0.6 is 11.6 Å². The fraction of sp³-hybridized carbons (Fsp3) is 0.667. The average Bonchev–Trinajstić information content (AvgIpc) is 2.30. The topological polar surface area (TPSA) is 35.0 Å². The zero-order valence-electron chi connectivity index (χ0n) is 9.79. The Hall–Kier alpha value is -0.670. The van der Waals surface area contributed by atoms with Crippen LogP contribution in [0.15, 0.2) is 12.1 Å². The Morgan fingerprint density at radius 2 is 1.94 bits per heavy atom. The van der Waals surface area contributed by atoms with Gasteiger partial charge in [-0.25, -0.2) is 0 Å². The monoisotopic (exact) mass is 242 g/mol. The van der Waals surface area contributed by atoms with E-state index < -0.39 is 0 Å². The number of nitrogens with zero attached hydrogens (tertiary/aromatic N) is 2. The van der Waals surface area contributed by atoms with Gasteiger partial charge in [-0.3, -0.25) is 0 Å². The van der Waals surface area contributed by atoms with Gasteiger partial charge in [0.2, 0.25) is 0 Å². The third-order valence-electron chi connectivity index (χ3n) is 2.33. The largest absolute Gasteiger partial charge is 0.375 e. The predicted molar refractivity (Wildman–Crippen MR) is 65.5 cm³/mol. The molecule has 1 heterocycles. The zero-order valence-corrected chi connectivity index (χ0v) is 10.5. The van der Waals surface area contributed by atoms with Crippen LogP contribution in [0.4, 0.5) is 0 Å². The second kappa shape index (κ2) is 8.48. The highest BCUT2D eigenvalue weighted by atomic mass is 35.5. The van der Waals surface area contributed by atoms with Gasteiger partial charge in [0.25, 0.3) is 0 Å². The first kappa shape index (κ1) is 13.4. The number of rotatable bonds is 8. The van der Waals surface area contributed by atoms with E-state index in [1.54, 1.807) is 6.07 Å². The lowest BCUT2D eigenvalue weighted by atomic mass is 10.2. The molecular formula is C12H19ClN2O. The first-order valence-corrected chi connectivity index (χ1v) is 6.26. The van der Waals surface area contributed by atoms with Crippen LogP contribution < -0.4 is 0 Å². The molecule has 0 aliphatic heterocycles. The van der Waals surface area contributed by atoms with Crippen molar-refractivity contribution in [1.82, 2.24) is 10.2 Å². The predicted octanol–water partition coefficient (Wildman–Crippen LogP) is 3.62. The maximum absolute atomic E-state index is 5.63. The Balaban J connectivity index is 2.01. The molecule has 0 atom stereocenters. The highest BCUT2D eigenvalue weighted by molar-refractivity contribution is 6.29. The first-order valence-electron chi connectivity index (χ1n) is 5.88. The van der Waals surface area contributed by atoms with Gasteiger partial charge in [-0.15, -0.1) is 5.10 Å². The van der Waals surface area contributed by atoms with Gasteiger partial charge in [0.05, 0.1) is 12.3 Å². The van der Waals surface area contributed by atoms with Gasteiger partial charge in [0.15, 0.2) is 5.15 Å². The molecule has 0 fully saturated rings. The number of hydrogen-bond acceptors (Lipinski definition) is 3. The molecule has 1 rings (SSSR count). The molecule has 1 aromatic heterocycles. The first-order chi connectivity index (χ1) is 7.83. The van der Waals surface area contributed by atoms with Crippen molar-refractivity contribution >= 4 is 11.6 Å². The Morgan fingerprint density at radius 3 is 2.62 bits per heavy atom. The minimum absolute atomic E-state index is 0.420. The molecule has 16 heavy (non-hydrogen) atoms. The molecule has 0 unspecified atom stereocenters. The van der Waals surface area contributed by atoms with Gasteiger partial charge in [0.1, 0.15) is 0 Å². The van der Waals surface area contributed by atoms with E-state index in [0.717, 1.165) is 18.7 Å². The smallest absolute Gasteiger partial charge is 0.151 e. The summed E-state index contributed by atoms with van der Waals surface area (Å²) in [5.41, 5.74) is 0.831. The van der Waals surface area contributed by atoms with E-state index in [9.17, 15) is 0 Å². The van der Waals surface area contributed by atoms with Crippen molar-refractivity contribution in [2.45, 2.75) is 45.6 Å². The summed E-state index contributed by atoms with van der Waals surface area (Å²) in [5, 5.41) is 8.09. The second-order valence-electron chi connectivity index (χ2n) is 3.81. The third-order valence-corrected chi connectivity index (χ3v) is 2.53. The van der Waals surface area contributed by atoms with Crippen molar-refractivity contribution in [3.8, 4) is 0 Å². The standard InChI is InChI=1S/C12H19ClN2O/c1-2-3-4-5-6-9-16-10-11-7-8-12(13)15-14-11/h7-8H,2-6,9-10H2,1H3. The van der Waals surface area contributed by atoms with Crippen LogP contribution in [-0.2, 0) is 11.3 Å². The lowest BCUT2D eigenvalue weighted by molar-refractivity contribution is 0.113. The van der Waals surface area contributed by atoms with Crippen LogP contribution in [0.25, 0.3) is 0 Å². The third kappa shape index (κ3) is 6.03. The van der Waals surface area contributed by atoms with E-state index in [-0.39, 0.29) is 0 Å². The van der Waals surface area contributed by atoms with Crippen molar-refractivity contribution in [3.63, 3.8) is 0 Å². The van der Waals surface area contributed by atoms with Crippen LogP contribution in [0.2, 0.25) is 5.15 Å². The highest BCUT2D eigenvalue weighted by Crippen LogP contribution is 2.05. The number of aromatic nitrogens is 2. The van der Waals surface area contributed by atoms with Gasteiger partial charge < -0.3 is 4.74 Å². The molecule has 0 aliphatic rings. The molecule has 90 valence electrons. The van der Waals surface area contributed by atoms with E-state index in [1.165, 1.54) is 25.7 Å². The van der Waals surface area contributed by atoms with Crippen molar-refractivity contribution in [2.24, 2.45) is 0 Å². The zero-order chi connectivity index (χ0) is 11.6. The molecule has 0 aromatic carbocycles. The van der Waals surface area contributed by atoms with E-state index in [0.29, 0.717) is 11.8 Å². The molecule has 3 nitrogen and oxygen atoms in total. The molecule has 0 bridgehead atoms. The molecule has 0 saturated carbocycles. The maximum Gasteiger partial charge on any atom is 0.151 e. The van der Waals surface area contributed by atoms with Gasteiger partial charge in [-0.2, -0.15) is 5.10 Å². The van der Waals surface area contributed by atoms with Crippen LogP contribution in [0.3, 0.4) is 0 Å². The summed E-state index contributed by atoms with van der Waals surface area (Å²) in [6, 6.07) is 3.57. The summed E-state index contributed by atoms with van der Waals surface area (Å²) in [4.78, 5) is 0. The molecule has 0 aliphatic carbocycles. The summed E-state index contributed by atoms with van der Waals surface area (Å²) < 4.78 is 5.49. The number of halogens is 1. The van der Waals surface area contributed by atoms with E-state index >= 15 is 0 Å². The Kier molecular flexibility index (Phi) is 7.10. The molecule has 0 amide bonds. The number of hydrogen-bond donors (Lipinski definition) is 0. The Bertz CT molecular complexity index is 277. The SMILES string of the molecule is CCCCCCCOCc1ccc(Cl)nn1. The normalized spacial score (nSPS) is 10.6. The van der Waals surface area contributed by atoms with Crippen LogP contribution in [0.5, 0.6) is 0 Å². The van der Waals surface area contributed by atoms with E-state index in [4.69, 9.17) is 16.3 Å². The molecular weight excluding hydrogens is 224 g/mol. The summed E-state index contributed by atoms with van der Waals surface area (Å²) in [6.45, 7) is 3.54. The van der Waals surface area contributed by atoms with Crippen LogP contribution in [-0.4, -0.2) is 16.8 Å². The van der Waals surface area contributed by atoms with E-state index in [1.807, 2.05) is 6.07 Å². The maximum atomic E-state index is 5.63. The molecule has 4 heteroatoms. The van der Waals surface area contributed by atoms with Crippen LogP contribution in [0.1, 0.15) is 44.7 Å². The quantitative estimate of drug-likeness (QED) is 0.653. The lowest BCUT2D eigenvalue weighted by Gasteiger charge is -2.03. The van der Waals surface area contributed by atoms with Gasteiger partial charge >= 0.3 is 0 Å². The highest BCUT2D eigenvalue weighted by Gasteiger charge is 1.96. The number of ether oxygens (including phenoxy) is 1. The van der Waals surface area contributed by atoms with Gasteiger partial charge in [0, 0.05) is 6.61 Å². The average molecular weight is 243 g/mol. The molecule has 1 aromatic rings. The van der Waals surface area contributed by atoms with Crippen molar-refractivity contribution in [2.75, 3.05) is 6.61 Å². The minimum atomic E-state index is 0.420. The lowest BCUT2D eigenvalue weighted by Crippen LogP contribution is -1.99. The van der Waals surface area contributed by atoms with Crippen molar-refractivity contribution in [1.29, 1.82) is 0 Å². The summed E-state index contributed by atoms with van der Waals surface area (Å²) in [5.74, 6) is 0. The Labute approximate surface area is 102 Å². The minimum Gasteiger partial charge on any atom is -0.375 e. The van der Waals surface area contributed by atoms with Crippen molar-refractivity contribution in [3.05, 3.63) is 23.0 Å². The fourth-order valence-corrected chi connectivity index (χ4v) is 1.51. The summed E-state index contributed by atoms with van der Waals surface area (Å²) >= 11 is 5.63. The Morgan fingerprint density at radius 1 is 1.12 bits per heavy atom.